The van der Waals surface area contributed by atoms with E-state index in [0.29, 0.717) is 18.5 Å². The molecule has 0 bridgehead atoms. The molecule has 9 nitrogen and oxygen atoms in total. The monoisotopic (exact) mass is 432 g/mol. The van der Waals surface area contributed by atoms with Gasteiger partial charge in [0, 0.05) is 37.1 Å². The molecule has 3 aromatic rings. The average Bonchev–Trinajstić information content (AvgIpc) is 3.41. The van der Waals surface area contributed by atoms with Gasteiger partial charge in [0.15, 0.2) is 0 Å². The van der Waals surface area contributed by atoms with E-state index >= 15 is 0 Å². The van der Waals surface area contributed by atoms with Crippen LogP contribution in [0.25, 0.3) is 5.76 Å². The topological polar surface area (TPSA) is 119 Å². The van der Waals surface area contributed by atoms with Gasteiger partial charge in [0.05, 0.1) is 28.4 Å². The number of para-hydroxylation sites is 1. The van der Waals surface area contributed by atoms with Crippen molar-refractivity contribution in [3.63, 3.8) is 0 Å². The summed E-state index contributed by atoms with van der Waals surface area (Å²) in [6.07, 6.45) is 5.55. The van der Waals surface area contributed by atoms with Crippen molar-refractivity contribution in [2.75, 3.05) is 6.54 Å². The van der Waals surface area contributed by atoms with Crippen LogP contribution in [-0.4, -0.2) is 42.7 Å². The SMILES string of the molecule is O=C1C(=O)N(CCCn2ccnc2)[C@H](c2ccccc2[N+](=O)[O-])C1=C(O)c1ccccc1. The molecule has 2 aromatic carbocycles. The number of carbonyl (C=O) groups is 2. The van der Waals surface area contributed by atoms with E-state index < -0.39 is 22.7 Å². The van der Waals surface area contributed by atoms with Gasteiger partial charge in [0.1, 0.15) is 5.76 Å². The molecule has 1 aromatic heterocycles. The van der Waals surface area contributed by atoms with E-state index in [4.69, 9.17) is 0 Å². The molecule has 4 rings (SSSR count). The van der Waals surface area contributed by atoms with Crippen molar-refractivity contribution < 1.29 is 19.6 Å². The van der Waals surface area contributed by atoms with E-state index in [2.05, 4.69) is 4.98 Å². The first-order chi connectivity index (χ1) is 15.5. The second-order valence-corrected chi connectivity index (χ2v) is 7.33. The van der Waals surface area contributed by atoms with Crippen LogP contribution in [0, 0.1) is 10.1 Å². The predicted octanol–water partition coefficient (Wildman–Crippen LogP) is 3.30. The number of aryl methyl sites for hydroxylation is 1. The van der Waals surface area contributed by atoms with Gasteiger partial charge < -0.3 is 14.6 Å². The number of aliphatic hydroxyl groups excluding tert-OH is 1. The van der Waals surface area contributed by atoms with E-state index in [-0.39, 0.29) is 29.1 Å². The van der Waals surface area contributed by atoms with Crippen LogP contribution in [0.5, 0.6) is 0 Å². The van der Waals surface area contributed by atoms with Crippen molar-refractivity contribution in [3.8, 4) is 0 Å². The standard InChI is InChI=1S/C23H20N4O5/c28-21(16-7-2-1-3-8-16)19-20(17-9-4-5-10-18(17)27(31)32)26(23(30)22(19)29)13-6-12-25-14-11-24-15-25/h1-5,7-11,14-15,20,28H,6,12-13H2/t20-/m1/s1. The highest BCUT2D eigenvalue weighted by molar-refractivity contribution is 6.46. The number of amides is 1. The van der Waals surface area contributed by atoms with Crippen LogP contribution in [0.2, 0.25) is 0 Å². The van der Waals surface area contributed by atoms with Gasteiger partial charge in [-0.3, -0.25) is 19.7 Å². The number of nitrogens with zero attached hydrogens (tertiary/aromatic N) is 4. The number of benzene rings is 2. The molecule has 0 aliphatic carbocycles. The molecule has 1 amide bonds. The highest BCUT2D eigenvalue weighted by atomic mass is 16.6. The molecule has 0 unspecified atom stereocenters. The summed E-state index contributed by atoms with van der Waals surface area (Å²) in [6, 6.07) is 13.2. The van der Waals surface area contributed by atoms with Crippen molar-refractivity contribution in [1.29, 1.82) is 0 Å². The number of aliphatic hydroxyl groups is 1. The summed E-state index contributed by atoms with van der Waals surface area (Å²) in [4.78, 5) is 42.4. The van der Waals surface area contributed by atoms with Gasteiger partial charge in [-0.15, -0.1) is 0 Å². The largest absolute Gasteiger partial charge is 0.507 e. The number of ketones is 1. The number of nitro groups is 1. The van der Waals surface area contributed by atoms with Gasteiger partial charge in [-0.1, -0.05) is 42.5 Å². The highest BCUT2D eigenvalue weighted by Crippen LogP contribution is 2.42. The lowest BCUT2D eigenvalue weighted by molar-refractivity contribution is -0.385. The minimum Gasteiger partial charge on any atom is -0.507 e. The molecule has 1 N–H and O–H groups in total. The first kappa shape index (κ1) is 21.0. The van der Waals surface area contributed by atoms with Gasteiger partial charge in [0.2, 0.25) is 0 Å². The molecule has 1 fully saturated rings. The Bertz CT molecular complexity index is 1190. The molecule has 9 heteroatoms. The van der Waals surface area contributed by atoms with Gasteiger partial charge in [-0.05, 0) is 12.5 Å². The minimum absolute atomic E-state index is 0.155. The van der Waals surface area contributed by atoms with Gasteiger partial charge in [-0.25, -0.2) is 4.98 Å². The number of imidazole rings is 1. The fraction of sp³-hybridized carbons (Fsp3) is 0.174. The Hall–Kier alpha value is -4.27. The number of Topliss-reactive ketones (excluding diaryl/α,β-unsaturated/α-hetero) is 1. The number of nitro benzene ring substituents is 1. The molecule has 32 heavy (non-hydrogen) atoms. The summed E-state index contributed by atoms with van der Waals surface area (Å²) in [6.45, 7) is 0.719. The minimum atomic E-state index is -1.07. The third-order valence-corrected chi connectivity index (χ3v) is 5.39. The smallest absolute Gasteiger partial charge is 0.295 e. The van der Waals surface area contributed by atoms with Crippen molar-refractivity contribution in [1.82, 2.24) is 14.5 Å². The molecular weight excluding hydrogens is 412 g/mol. The van der Waals surface area contributed by atoms with E-state index in [1.165, 1.54) is 23.1 Å². The molecule has 1 saturated heterocycles. The molecular formula is C23H20N4O5. The fourth-order valence-electron chi connectivity index (χ4n) is 3.91. The van der Waals surface area contributed by atoms with Crippen LogP contribution in [-0.2, 0) is 16.1 Å². The summed E-state index contributed by atoms with van der Waals surface area (Å²) >= 11 is 0. The maximum Gasteiger partial charge on any atom is 0.295 e. The van der Waals surface area contributed by atoms with Gasteiger partial charge in [0.25, 0.3) is 17.4 Å². The number of carbonyl (C=O) groups excluding carboxylic acids is 2. The zero-order chi connectivity index (χ0) is 22.7. The summed E-state index contributed by atoms with van der Waals surface area (Å²) in [5.41, 5.74) is 0.153. The number of hydrogen-bond acceptors (Lipinski definition) is 6. The average molecular weight is 432 g/mol. The zero-order valence-corrected chi connectivity index (χ0v) is 17.0. The molecule has 0 radical (unpaired) electrons. The first-order valence-corrected chi connectivity index (χ1v) is 10.0. The van der Waals surface area contributed by atoms with Crippen LogP contribution in [0.15, 0.2) is 78.9 Å². The lowest BCUT2D eigenvalue weighted by Crippen LogP contribution is -2.31. The van der Waals surface area contributed by atoms with Crippen molar-refractivity contribution in [2.24, 2.45) is 0 Å². The van der Waals surface area contributed by atoms with Crippen LogP contribution in [0.1, 0.15) is 23.6 Å². The summed E-state index contributed by atoms with van der Waals surface area (Å²) < 4.78 is 1.83. The van der Waals surface area contributed by atoms with Crippen molar-refractivity contribution in [2.45, 2.75) is 19.0 Å². The molecule has 162 valence electrons. The molecule has 2 heterocycles. The van der Waals surface area contributed by atoms with Gasteiger partial charge in [-0.2, -0.15) is 0 Å². The van der Waals surface area contributed by atoms with E-state index in [9.17, 15) is 24.8 Å². The third-order valence-electron chi connectivity index (χ3n) is 5.39. The normalized spacial score (nSPS) is 17.6. The highest BCUT2D eigenvalue weighted by Gasteiger charge is 2.47. The lowest BCUT2D eigenvalue weighted by Gasteiger charge is -2.25. The number of aromatic nitrogens is 2. The quantitative estimate of drug-likeness (QED) is 0.201. The Balaban J connectivity index is 1.79. The first-order valence-electron chi connectivity index (χ1n) is 10.0. The zero-order valence-electron chi connectivity index (χ0n) is 17.0. The van der Waals surface area contributed by atoms with E-state index in [1.54, 1.807) is 55.1 Å². The Labute approximate surface area is 183 Å². The Kier molecular flexibility index (Phi) is 5.80. The second-order valence-electron chi connectivity index (χ2n) is 7.33. The number of rotatable bonds is 7. The van der Waals surface area contributed by atoms with E-state index in [0.717, 1.165) is 0 Å². The summed E-state index contributed by atoms with van der Waals surface area (Å²) in [5, 5.41) is 22.7. The number of hydrogen-bond donors (Lipinski definition) is 1. The summed E-state index contributed by atoms with van der Waals surface area (Å²) in [5.74, 6) is -2.02. The molecule has 0 spiro atoms. The third kappa shape index (κ3) is 3.87. The van der Waals surface area contributed by atoms with Crippen LogP contribution in [0.4, 0.5) is 5.69 Å². The maximum absolute atomic E-state index is 13.0. The summed E-state index contributed by atoms with van der Waals surface area (Å²) in [7, 11) is 0. The van der Waals surface area contributed by atoms with Gasteiger partial charge >= 0.3 is 0 Å². The Morgan fingerprint density at radius 1 is 1.06 bits per heavy atom. The van der Waals surface area contributed by atoms with Crippen LogP contribution in [0.3, 0.4) is 0 Å². The maximum atomic E-state index is 13.0. The molecule has 1 aliphatic rings. The second kappa shape index (κ2) is 8.84. The molecule has 1 aliphatic heterocycles. The molecule has 1 atom stereocenters. The van der Waals surface area contributed by atoms with Crippen molar-refractivity contribution >= 4 is 23.1 Å². The van der Waals surface area contributed by atoms with E-state index in [1.807, 2.05) is 4.57 Å². The molecule has 0 saturated carbocycles. The van der Waals surface area contributed by atoms with Crippen LogP contribution < -0.4 is 0 Å². The predicted molar refractivity (Wildman–Crippen MR) is 115 cm³/mol. The van der Waals surface area contributed by atoms with Crippen LogP contribution >= 0.6 is 0 Å². The van der Waals surface area contributed by atoms with Crippen molar-refractivity contribution in [3.05, 3.63) is 100 Å². The Morgan fingerprint density at radius 3 is 2.47 bits per heavy atom. The number of likely N-dealkylation sites (tertiary alicyclic amines) is 1. The fourth-order valence-corrected chi connectivity index (χ4v) is 3.91. The lowest BCUT2D eigenvalue weighted by atomic mass is 9.94. The Morgan fingerprint density at radius 2 is 1.78 bits per heavy atom.